The van der Waals surface area contributed by atoms with Gasteiger partial charge in [-0.25, -0.2) is 0 Å². The average Bonchev–Trinajstić information content (AvgIpc) is 2.39. The molecule has 0 atom stereocenters. The van der Waals surface area contributed by atoms with Gasteiger partial charge in [0.25, 0.3) is 5.91 Å². The number of nitrogens with one attached hydrogen (secondary N) is 1. The minimum Gasteiger partial charge on any atom is -0.349 e. The van der Waals surface area contributed by atoms with Crippen LogP contribution >= 0.6 is 0 Å². The van der Waals surface area contributed by atoms with Gasteiger partial charge in [-0.05, 0) is 16.8 Å². The molecule has 0 fully saturated rings. The number of fused-ring (bicyclic) bond motifs is 1. The molecule has 0 aromatic heterocycles. The molecule has 0 saturated carbocycles. The second-order valence-electron chi connectivity index (χ2n) is 4.05. The number of carbonyl (C=O) groups excluding carboxylic acids is 1. The lowest BCUT2D eigenvalue weighted by atomic mass is 10.0. The van der Waals surface area contributed by atoms with Gasteiger partial charge in [-0.1, -0.05) is 36.4 Å². The summed E-state index contributed by atoms with van der Waals surface area (Å²) in [5.74, 6) is -0.0773. The van der Waals surface area contributed by atoms with Crippen molar-refractivity contribution in [3.8, 4) is 0 Å². The largest absolute Gasteiger partial charge is 0.349 e. The number of hydrogen-bond donors (Lipinski definition) is 1. The smallest absolute Gasteiger partial charge is 0.270 e. The van der Waals surface area contributed by atoms with E-state index in [4.69, 9.17) is 0 Å². The van der Waals surface area contributed by atoms with Gasteiger partial charge in [-0.3, -0.25) is 9.79 Å². The highest BCUT2D eigenvalue weighted by Crippen LogP contribution is 2.16. The highest BCUT2D eigenvalue weighted by molar-refractivity contribution is 6.45. The van der Waals surface area contributed by atoms with Crippen LogP contribution in [0.25, 0.3) is 10.8 Å². The highest BCUT2D eigenvalue weighted by atomic mass is 16.2. The van der Waals surface area contributed by atoms with Crippen LogP contribution in [0.5, 0.6) is 0 Å². The molecule has 17 heavy (non-hydrogen) atoms. The predicted octanol–water partition coefficient (Wildman–Crippen LogP) is 1.76. The van der Waals surface area contributed by atoms with Gasteiger partial charge in [0.15, 0.2) is 0 Å². The van der Waals surface area contributed by atoms with Gasteiger partial charge in [0.2, 0.25) is 0 Å². The molecular formula is C14H12N2O. The molecule has 0 unspecified atom stereocenters. The Labute approximate surface area is 99.2 Å². The number of carbonyl (C=O) groups is 1. The van der Waals surface area contributed by atoms with Crippen molar-refractivity contribution >= 4 is 22.4 Å². The molecule has 3 nitrogen and oxygen atoms in total. The average molecular weight is 224 g/mol. The van der Waals surface area contributed by atoms with Crippen LogP contribution < -0.4 is 5.32 Å². The summed E-state index contributed by atoms with van der Waals surface area (Å²) in [5.41, 5.74) is 1.43. The predicted molar refractivity (Wildman–Crippen MR) is 68.4 cm³/mol. The Morgan fingerprint density at radius 2 is 1.88 bits per heavy atom. The molecule has 2 aromatic carbocycles. The minimum absolute atomic E-state index is 0.0773. The van der Waals surface area contributed by atoms with Crippen molar-refractivity contribution in [2.75, 3.05) is 13.1 Å². The van der Waals surface area contributed by atoms with E-state index in [1.54, 1.807) is 0 Å². The van der Waals surface area contributed by atoms with E-state index in [9.17, 15) is 4.79 Å². The molecule has 1 aliphatic heterocycles. The van der Waals surface area contributed by atoms with Crippen molar-refractivity contribution in [3.63, 3.8) is 0 Å². The Bertz CT molecular complexity index is 616. The number of amides is 1. The zero-order valence-corrected chi connectivity index (χ0v) is 9.31. The Kier molecular flexibility index (Phi) is 2.37. The molecule has 1 heterocycles. The normalized spacial score (nSPS) is 15.5. The van der Waals surface area contributed by atoms with Gasteiger partial charge in [0.05, 0.1) is 6.54 Å². The van der Waals surface area contributed by atoms with E-state index in [1.807, 2.05) is 36.4 Å². The first-order chi connectivity index (χ1) is 8.34. The van der Waals surface area contributed by atoms with Crippen LogP contribution in [-0.4, -0.2) is 24.7 Å². The second-order valence-corrected chi connectivity index (χ2v) is 4.05. The van der Waals surface area contributed by atoms with Crippen molar-refractivity contribution < 1.29 is 4.79 Å². The maximum Gasteiger partial charge on any atom is 0.270 e. The quantitative estimate of drug-likeness (QED) is 0.788. The van der Waals surface area contributed by atoms with Crippen LogP contribution in [0.4, 0.5) is 0 Å². The van der Waals surface area contributed by atoms with Crippen molar-refractivity contribution in [1.29, 1.82) is 0 Å². The van der Waals surface area contributed by atoms with E-state index in [2.05, 4.69) is 16.4 Å². The van der Waals surface area contributed by atoms with Crippen molar-refractivity contribution in [2.45, 2.75) is 0 Å². The third-order valence-corrected chi connectivity index (χ3v) is 2.91. The monoisotopic (exact) mass is 224 g/mol. The van der Waals surface area contributed by atoms with Gasteiger partial charge in [0.1, 0.15) is 5.71 Å². The van der Waals surface area contributed by atoms with Gasteiger partial charge in [0, 0.05) is 12.1 Å². The third kappa shape index (κ3) is 1.80. The summed E-state index contributed by atoms with van der Waals surface area (Å²) >= 11 is 0. The lowest BCUT2D eigenvalue weighted by Gasteiger charge is -2.13. The van der Waals surface area contributed by atoms with Gasteiger partial charge < -0.3 is 5.32 Å². The summed E-state index contributed by atoms with van der Waals surface area (Å²) in [6.45, 7) is 1.30. The molecule has 3 rings (SSSR count). The fraction of sp³-hybridized carbons (Fsp3) is 0.143. The van der Waals surface area contributed by atoms with Gasteiger partial charge in [-0.15, -0.1) is 0 Å². The second kappa shape index (κ2) is 4.01. The van der Waals surface area contributed by atoms with Gasteiger partial charge in [-0.2, -0.15) is 0 Å². The zero-order chi connectivity index (χ0) is 11.7. The Morgan fingerprint density at radius 1 is 1.06 bits per heavy atom. The topological polar surface area (TPSA) is 41.5 Å². The molecule has 0 aliphatic carbocycles. The SMILES string of the molecule is O=C1NCCN=C1c1ccc2ccccc2c1. The molecule has 3 heteroatoms. The van der Waals surface area contributed by atoms with Crippen LogP contribution in [0.15, 0.2) is 47.5 Å². The molecule has 0 radical (unpaired) electrons. The maximum atomic E-state index is 11.7. The Hall–Kier alpha value is -2.16. The van der Waals surface area contributed by atoms with E-state index < -0.39 is 0 Å². The molecule has 1 amide bonds. The first-order valence-corrected chi connectivity index (χ1v) is 5.66. The van der Waals surface area contributed by atoms with Gasteiger partial charge >= 0.3 is 0 Å². The van der Waals surface area contributed by atoms with Crippen LogP contribution in [0.1, 0.15) is 5.56 Å². The molecule has 84 valence electrons. The molecule has 1 N–H and O–H groups in total. The van der Waals surface area contributed by atoms with E-state index in [-0.39, 0.29) is 5.91 Å². The number of rotatable bonds is 1. The third-order valence-electron chi connectivity index (χ3n) is 2.91. The van der Waals surface area contributed by atoms with E-state index in [1.165, 1.54) is 5.39 Å². The Balaban J connectivity index is 2.12. The number of benzene rings is 2. The zero-order valence-electron chi connectivity index (χ0n) is 9.31. The summed E-state index contributed by atoms with van der Waals surface area (Å²) in [5, 5.41) is 5.11. The molecule has 2 aromatic rings. The van der Waals surface area contributed by atoms with Crippen LogP contribution in [0.3, 0.4) is 0 Å². The fourth-order valence-electron chi connectivity index (χ4n) is 2.05. The summed E-state index contributed by atoms with van der Waals surface area (Å²) < 4.78 is 0. The van der Waals surface area contributed by atoms with Crippen LogP contribution in [0, 0.1) is 0 Å². The maximum absolute atomic E-state index is 11.7. The summed E-state index contributed by atoms with van der Waals surface area (Å²) in [6, 6.07) is 14.1. The van der Waals surface area contributed by atoms with Crippen LogP contribution in [-0.2, 0) is 4.79 Å². The van der Waals surface area contributed by atoms with E-state index in [0.717, 1.165) is 10.9 Å². The lowest BCUT2D eigenvalue weighted by Crippen LogP contribution is -2.37. The number of aliphatic imine (C=N–C) groups is 1. The lowest BCUT2D eigenvalue weighted by molar-refractivity contribution is -0.114. The van der Waals surface area contributed by atoms with Crippen molar-refractivity contribution in [2.24, 2.45) is 4.99 Å². The number of nitrogens with zero attached hydrogens (tertiary/aromatic N) is 1. The Morgan fingerprint density at radius 3 is 2.71 bits per heavy atom. The minimum atomic E-state index is -0.0773. The molecule has 0 spiro atoms. The molecule has 0 saturated heterocycles. The van der Waals surface area contributed by atoms with E-state index >= 15 is 0 Å². The van der Waals surface area contributed by atoms with Crippen molar-refractivity contribution in [1.82, 2.24) is 5.32 Å². The summed E-state index contributed by atoms with van der Waals surface area (Å²) in [4.78, 5) is 16.0. The molecule has 1 aliphatic rings. The first kappa shape index (κ1) is 10.0. The molecule has 0 bridgehead atoms. The van der Waals surface area contributed by atoms with Crippen LogP contribution in [0.2, 0.25) is 0 Å². The number of hydrogen-bond acceptors (Lipinski definition) is 2. The summed E-state index contributed by atoms with van der Waals surface area (Å²) in [7, 11) is 0. The fourth-order valence-corrected chi connectivity index (χ4v) is 2.05. The standard InChI is InChI=1S/C14H12N2O/c17-14-13(15-7-8-16-14)12-6-5-10-3-1-2-4-11(10)9-12/h1-6,9H,7-8H2,(H,16,17). The molecular weight excluding hydrogens is 212 g/mol. The van der Waals surface area contributed by atoms with Crippen molar-refractivity contribution in [3.05, 3.63) is 48.0 Å². The first-order valence-electron chi connectivity index (χ1n) is 5.66. The van der Waals surface area contributed by atoms with E-state index in [0.29, 0.717) is 18.8 Å². The summed E-state index contributed by atoms with van der Waals surface area (Å²) in [6.07, 6.45) is 0. The highest BCUT2D eigenvalue weighted by Gasteiger charge is 2.16.